The summed E-state index contributed by atoms with van der Waals surface area (Å²) in [7, 11) is 0. The average molecular weight is 293 g/mol. The van der Waals surface area contributed by atoms with Crippen molar-refractivity contribution in [3.8, 4) is 0 Å². The zero-order valence-electron chi connectivity index (χ0n) is 13.2. The van der Waals surface area contributed by atoms with Gasteiger partial charge in [0.05, 0.1) is 0 Å². The summed E-state index contributed by atoms with van der Waals surface area (Å²) >= 11 is -0.171. The second-order valence-electron chi connectivity index (χ2n) is 4.25. The fourth-order valence-electron chi connectivity index (χ4n) is 1.55. The minimum absolute atomic E-state index is 0. The molecule has 0 amide bonds. The first-order chi connectivity index (χ1) is 9.35. The van der Waals surface area contributed by atoms with Crippen molar-refractivity contribution >= 4 is 37.2 Å². The Bertz CT molecular complexity index is 256. The fraction of sp³-hybridized carbons (Fsp3) is 0.333. The number of hydrogen-bond acceptors (Lipinski definition) is 0. The van der Waals surface area contributed by atoms with Crippen molar-refractivity contribution in [2.24, 2.45) is 0 Å². The summed E-state index contributed by atoms with van der Waals surface area (Å²) in [5.41, 5.74) is 0. The molecule has 2 aromatic rings. The Balaban J connectivity index is 0. The third-order valence-electron chi connectivity index (χ3n) is 2.95. The van der Waals surface area contributed by atoms with Crippen LogP contribution in [-0.4, -0.2) is 37.2 Å². The second-order valence-corrected chi connectivity index (χ2v) is 8.43. The molecule has 2 heteroatoms. The minimum atomic E-state index is -0.171. The molecule has 0 heterocycles. The summed E-state index contributed by atoms with van der Waals surface area (Å²) in [5, 5.41) is 4.48. The summed E-state index contributed by atoms with van der Waals surface area (Å²) in [5.74, 6) is 0. The van der Waals surface area contributed by atoms with Crippen LogP contribution in [0.25, 0.3) is 0 Å². The molecule has 0 aromatic heterocycles. The molecule has 0 radical (unpaired) electrons. The number of benzene rings is 2. The molecule has 2 aromatic carbocycles. The van der Waals surface area contributed by atoms with Crippen molar-refractivity contribution in [2.75, 3.05) is 0 Å². The molecule has 0 aliphatic rings. The molecular weight excluding hydrogens is 267 g/mol. The normalized spacial score (nSPS) is 7.95. The summed E-state index contributed by atoms with van der Waals surface area (Å²) in [6.45, 7) is 6.97. The molecule has 0 fully saturated rings. The maximum Gasteiger partial charge on any atom is 2.00 e. The fourth-order valence-corrected chi connectivity index (χ4v) is 3.28. The van der Waals surface area contributed by atoms with Gasteiger partial charge in [-0.2, -0.15) is 72.8 Å². The molecule has 102 valence electrons. The van der Waals surface area contributed by atoms with Crippen molar-refractivity contribution in [3.63, 3.8) is 0 Å². The Morgan fingerprint density at radius 2 is 0.900 bits per heavy atom. The predicted octanol–water partition coefficient (Wildman–Crippen LogP) is 5.13. The van der Waals surface area contributed by atoms with Crippen molar-refractivity contribution in [3.05, 3.63) is 72.8 Å². The van der Waals surface area contributed by atoms with E-state index >= 15 is 0 Å². The van der Waals surface area contributed by atoms with Crippen molar-refractivity contribution in [2.45, 2.75) is 36.6 Å². The van der Waals surface area contributed by atoms with E-state index in [1.54, 1.807) is 0 Å². The summed E-state index contributed by atoms with van der Waals surface area (Å²) in [4.78, 5) is 0. The van der Waals surface area contributed by atoms with Gasteiger partial charge in [-0.25, -0.2) is 0 Å². The van der Waals surface area contributed by atoms with E-state index in [2.05, 4.69) is 32.9 Å². The van der Waals surface area contributed by atoms with Crippen molar-refractivity contribution < 1.29 is 0 Å². The van der Waals surface area contributed by atoms with Crippen LogP contribution >= 0.6 is 0 Å². The molecular formula is C18H25AlMg. The Hall–Kier alpha value is -0.261. The van der Waals surface area contributed by atoms with Crippen LogP contribution in [-0.2, 0) is 0 Å². The van der Waals surface area contributed by atoms with Crippen molar-refractivity contribution in [1.82, 2.24) is 0 Å². The third kappa shape index (κ3) is 15.8. The van der Waals surface area contributed by atoms with E-state index < -0.39 is 0 Å². The first kappa shape index (κ1) is 22.0. The van der Waals surface area contributed by atoms with Crippen LogP contribution in [0.4, 0.5) is 0 Å². The van der Waals surface area contributed by atoms with Gasteiger partial charge in [0.2, 0.25) is 0 Å². The average Bonchev–Trinajstić information content (AvgIpc) is 2.54. The Morgan fingerprint density at radius 1 is 0.600 bits per heavy atom. The van der Waals surface area contributed by atoms with E-state index in [0.29, 0.717) is 0 Å². The van der Waals surface area contributed by atoms with Gasteiger partial charge in [0.15, 0.2) is 0 Å². The first-order valence-electron chi connectivity index (χ1n) is 7.17. The van der Waals surface area contributed by atoms with E-state index in [1.807, 2.05) is 60.7 Å². The second kappa shape index (κ2) is 18.7. The van der Waals surface area contributed by atoms with E-state index in [1.165, 1.54) is 15.8 Å². The van der Waals surface area contributed by atoms with E-state index in [-0.39, 0.29) is 37.2 Å². The standard InChI is InChI=1S/2C6H5.3C2H5.Al.Mg/c2*1-2-4-6-5-3-1;3*1-2;;/h2*1-5H;3*1H2,2H3;;/q2*-1;;;;;+2. The third-order valence-corrected chi connectivity index (χ3v) is 6.41. The molecule has 0 bridgehead atoms. The summed E-state index contributed by atoms with van der Waals surface area (Å²) in [6, 6.07) is 25.0. The SMILES string of the molecule is C[CH2][Al]([CH2]C)[CH2]C.[Mg+2].[c-]1ccccc1.[c-]1ccccc1. The molecule has 0 atom stereocenters. The first-order valence-corrected chi connectivity index (χ1v) is 9.62. The Morgan fingerprint density at radius 3 is 0.950 bits per heavy atom. The molecule has 0 saturated heterocycles. The molecule has 0 saturated carbocycles. The van der Waals surface area contributed by atoms with Crippen LogP contribution in [0, 0.1) is 12.1 Å². The van der Waals surface area contributed by atoms with Gasteiger partial charge in [-0.3, -0.25) is 0 Å². The molecule has 20 heavy (non-hydrogen) atoms. The number of hydrogen-bond donors (Lipinski definition) is 0. The van der Waals surface area contributed by atoms with Gasteiger partial charge in [-0.05, 0) is 0 Å². The maximum atomic E-state index is 2.89. The molecule has 0 N–H and O–H groups in total. The van der Waals surface area contributed by atoms with Gasteiger partial charge in [-0.1, -0.05) is 36.6 Å². The molecule has 0 aliphatic carbocycles. The molecule has 0 aliphatic heterocycles. The van der Waals surface area contributed by atoms with Gasteiger partial charge in [-0.15, -0.1) is 0 Å². The van der Waals surface area contributed by atoms with Crippen LogP contribution in [0.2, 0.25) is 15.8 Å². The zero-order chi connectivity index (χ0) is 14.2. The smallest absolute Gasteiger partial charge is 0.184 e. The number of rotatable bonds is 3. The van der Waals surface area contributed by atoms with Crippen LogP contribution < -0.4 is 0 Å². The molecule has 0 nitrogen and oxygen atoms in total. The van der Waals surface area contributed by atoms with E-state index in [9.17, 15) is 0 Å². The topological polar surface area (TPSA) is 0 Å². The van der Waals surface area contributed by atoms with Crippen LogP contribution in [0.5, 0.6) is 0 Å². The molecule has 0 unspecified atom stereocenters. The Labute approximate surface area is 146 Å². The van der Waals surface area contributed by atoms with Gasteiger partial charge in [0.25, 0.3) is 14.1 Å². The maximum absolute atomic E-state index is 2.89. The zero-order valence-corrected chi connectivity index (χ0v) is 15.7. The predicted molar refractivity (Wildman–Crippen MR) is 93.5 cm³/mol. The Kier molecular flexibility index (Phi) is 20.6. The van der Waals surface area contributed by atoms with Gasteiger partial charge in [0, 0.05) is 0 Å². The summed E-state index contributed by atoms with van der Waals surface area (Å²) in [6.07, 6.45) is 0. The van der Waals surface area contributed by atoms with Gasteiger partial charge < -0.3 is 0 Å². The monoisotopic (exact) mass is 292 g/mol. The van der Waals surface area contributed by atoms with E-state index in [0.717, 1.165) is 0 Å². The van der Waals surface area contributed by atoms with E-state index in [4.69, 9.17) is 0 Å². The largest absolute Gasteiger partial charge is 2.00 e. The summed E-state index contributed by atoms with van der Waals surface area (Å²) < 4.78 is 0. The molecule has 0 spiro atoms. The van der Waals surface area contributed by atoms with Crippen LogP contribution in [0.3, 0.4) is 0 Å². The quantitative estimate of drug-likeness (QED) is 0.543. The minimum Gasteiger partial charge on any atom is -0.184 e. The van der Waals surface area contributed by atoms with Crippen molar-refractivity contribution in [1.29, 1.82) is 0 Å². The van der Waals surface area contributed by atoms with Gasteiger partial charge in [0.1, 0.15) is 0 Å². The van der Waals surface area contributed by atoms with Gasteiger partial charge >= 0.3 is 23.1 Å². The molecule has 2 rings (SSSR count). The van der Waals surface area contributed by atoms with Crippen LogP contribution in [0.1, 0.15) is 20.8 Å². The van der Waals surface area contributed by atoms with Crippen LogP contribution in [0.15, 0.2) is 60.7 Å².